The number of nitrogens with zero attached hydrogens (tertiary/aromatic N) is 2. The first kappa shape index (κ1) is 12.4. The summed E-state index contributed by atoms with van der Waals surface area (Å²) in [6, 6.07) is 6.07. The summed E-state index contributed by atoms with van der Waals surface area (Å²) in [6.07, 6.45) is 8.38. The van der Waals surface area contributed by atoms with Crippen LogP contribution >= 0.6 is 0 Å². The smallest absolute Gasteiger partial charge is 0.0550 e. The van der Waals surface area contributed by atoms with Crippen molar-refractivity contribution >= 4 is 11.4 Å². The Morgan fingerprint density at radius 1 is 1.00 bits per heavy atom. The van der Waals surface area contributed by atoms with Gasteiger partial charge in [0, 0.05) is 25.5 Å². The zero-order chi connectivity index (χ0) is 12.6. The van der Waals surface area contributed by atoms with Crippen molar-refractivity contribution in [2.24, 2.45) is 0 Å². The van der Waals surface area contributed by atoms with E-state index >= 15 is 0 Å². The fraction of sp³-hybridized carbons (Fsp3) is 0.286. The van der Waals surface area contributed by atoms with Gasteiger partial charge in [-0.1, -0.05) is 6.92 Å². The Hall–Kier alpha value is -2.10. The highest BCUT2D eigenvalue weighted by Crippen LogP contribution is 2.13. The van der Waals surface area contributed by atoms with Gasteiger partial charge in [0.15, 0.2) is 0 Å². The average molecular weight is 242 g/mol. The molecular weight excluding hydrogens is 224 g/mol. The zero-order valence-electron chi connectivity index (χ0n) is 10.6. The highest BCUT2D eigenvalue weighted by molar-refractivity contribution is 5.54. The molecule has 0 amide bonds. The van der Waals surface area contributed by atoms with Crippen LogP contribution in [0.15, 0.2) is 43.0 Å². The summed E-state index contributed by atoms with van der Waals surface area (Å²) in [5, 5.41) is 6.67. The molecule has 0 spiro atoms. The van der Waals surface area contributed by atoms with E-state index < -0.39 is 0 Å². The summed E-state index contributed by atoms with van der Waals surface area (Å²) in [6.45, 7) is 3.89. The third-order valence-electron chi connectivity index (χ3n) is 2.56. The predicted molar refractivity (Wildman–Crippen MR) is 74.6 cm³/mol. The lowest BCUT2D eigenvalue weighted by molar-refractivity contribution is 0.977. The molecular formula is C14H18N4. The largest absolute Gasteiger partial charge is 0.384 e. The molecule has 2 aromatic heterocycles. The molecule has 0 aromatic carbocycles. The number of nitrogens with one attached hydrogen (secondary N) is 2. The molecule has 0 aliphatic rings. The first-order chi connectivity index (χ1) is 8.88. The Kier molecular flexibility index (Phi) is 4.53. The van der Waals surface area contributed by atoms with Gasteiger partial charge in [-0.2, -0.15) is 0 Å². The van der Waals surface area contributed by atoms with Crippen LogP contribution in [0.5, 0.6) is 0 Å². The topological polar surface area (TPSA) is 49.8 Å². The van der Waals surface area contributed by atoms with Gasteiger partial charge in [0.05, 0.1) is 23.8 Å². The fourth-order valence-corrected chi connectivity index (χ4v) is 1.61. The molecule has 2 heterocycles. The lowest BCUT2D eigenvalue weighted by Crippen LogP contribution is -2.03. The van der Waals surface area contributed by atoms with Crippen LogP contribution in [-0.2, 0) is 6.54 Å². The Morgan fingerprint density at radius 2 is 1.72 bits per heavy atom. The molecule has 2 aromatic rings. The standard InChI is InChI=1S/C14H18N4/c1-2-5-17-13-8-14(11-16-10-13)18-9-12-3-6-15-7-4-12/h3-4,6-8,10-11,17-18H,2,5,9H2,1H3. The molecule has 18 heavy (non-hydrogen) atoms. The third kappa shape index (κ3) is 3.73. The SMILES string of the molecule is CCCNc1cncc(NCc2ccncc2)c1. The van der Waals surface area contributed by atoms with Gasteiger partial charge in [-0.3, -0.25) is 9.97 Å². The lowest BCUT2D eigenvalue weighted by atomic mass is 10.2. The van der Waals surface area contributed by atoms with Crippen LogP contribution < -0.4 is 10.6 Å². The zero-order valence-corrected chi connectivity index (χ0v) is 10.6. The van der Waals surface area contributed by atoms with E-state index in [1.807, 2.05) is 24.5 Å². The van der Waals surface area contributed by atoms with Crippen molar-refractivity contribution in [3.63, 3.8) is 0 Å². The molecule has 0 saturated heterocycles. The van der Waals surface area contributed by atoms with Crippen LogP contribution in [-0.4, -0.2) is 16.5 Å². The van der Waals surface area contributed by atoms with Gasteiger partial charge in [0.2, 0.25) is 0 Å². The molecule has 0 atom stereocenters. The molecule has 0 radical (unpaired) electrons. The highest BCUT2D eigenvalue weighted by atomic mass is 14.9. The van der Waals surface area contributed by atoms with Gasteiger partial charge < -0.3 is 10.6 Å². The normalized spacial score (nSPS) is 10.1. The van der Waals surface area contributed by atoms with E-state index in [4.69, 9.17) is 0 Å². The lowest BCUT2D eigenvalue weighted by Gasteiger charge is -2.09. The van der Waals surface area contributed by atoms with Crippen molar-refractivity contribution in [2.75, 3.05) is 17.2 Å². The second kappa shape index (κ2) is 6.59. The molecule has 0 aliphatic heterocycles. The van der Waals surface area contributed by atoms with Crippen molar-refractivity contribution in [1.82, 2.24) is 9.97 Å². The van der Waals surface area contributed by atoms with Crippen LogP contribution in [0.4, 0.5) is 11.4 Å². The van der Waals surface area contributed by atoms with Gasteiger partial charge in [-0.15, -0.1) is 0 Å². The summed E-state index contributed by atoms with van der Waals surface area (Å²) in [5.41, 5.74) is 3.28. The predicted octanol–water partition coefficient (Wildman–Crippen LogP) is 2.91. The maximum Gasteiger partial charge on any atom is 0.0550 e. The first-order valence-electron chi connectivity index (χ1n) is 6.20. The quantitative estimate of drug-likeness (QED) is 0.817. The first-order valence-corrected chi connectivity index (χ1v) is 6.20. The number of aromatic nitrogens is 2. The molecule has 94 valence electrons. The second-order valence-corrected chi connectivity index (χ2v) is 4.10. The molecule has 4 nitrogen and oxygen atoms in total. The van der Waals surface area contributed by atoms with Gasteiger partial charge in [0.25, 0.3) is 0 Å². The van der Waals surface area contributed by atoms with Gasteiger partial charge in [-0.05, 0) is 30.2 Å². The summed E-state index contributed by atoms with van der Waals surface area (Å²) >= 11 is 0. The Balaban J connectivity index is 1.93. The number of anilines is 2. The Labute approximate surface area is 107 Å². The molecule has 0 unspecified atom stereocenters. The summed E-state index contributed by atoms with van der Waals surface area (Å²) < 4.78 is 0. The summed E-state index contributed by atoms with van der Waals surface area (Å²) in [7, 11) is 0. The summed E-state index contributed by atoms with van der Waals surface area (Å²) in [5.74, 6) is 0. The van der Waals surface area contributed by atoms with E-state index in [9.17, 15) is 0 Å². The van der Waals surface area contributed by atoms with E-state index in [1.54, 1.807) is 12.4 Å². The van der Waals surface area contributed by atoms with Crippen LogP contribution in [0.25, 0.3) is 0 Å². The minimum atomic E-state index is 0.779. The van der Waals surface area contributed by atoms with Crippen molar-refractivity contribution in [3.8, 4) is 0 Å². The Bertz CT molecular complexity index is 470. The van der Waals surface area contributed by atoms with Crippen LogP contribution in [0.2, 0.25) is 0 Å². The molecule has 0 saturated carbocycles. The van der Waals surface area contributed by atoms with E-state index in [1.165, 1.54) is 5.56 Å². The van der Waals surface area contributed by atoms with Gasteiger partial charge >= 0.3 is 0 Å². The number of hydrogen-bond acceptors (Lipinski definition) is 4. The molecule has 4 heteroatoms. The van der Waals surface area contributed by atoms with Crippen molar-refractivity contribution < 1.29 is 0 Å². The molecule has 0 fully saturated rings. The van der Waals surface area contributed by atoms with Crippen molar-refractivity contribution in [2.45, 2.75) is 19.9 Å². The second-order valence-electron chi connectivity index (χ2n) is 4.10. The van der Waals surface area contributed by atoms with Crippen molar-refractivity contribution in [1.29, 1.82) is 0 Å². The van der Waals surface area contributed by atoms with E-state index in [0.717, 1.165) is 30.9 Å². The van der Waals surface area contributed by atoms with Crippen LogP contribution in [0.1, 0.15) is 18.9 Å². The van der Waals surface area contributed by atoms with Crippen LogP contribution in [0.3, 0.4) is 0 Å². The maximum absolute atomic E-state index is 4.21. The Morgan fingerprint density at radius 3 is 2.44 bits per heavy atom. The maximum atomic E-state index is 4.21. The van der Waals surface area contributed by atoms with Gasteiger partial charge in [0.1, 0.15) is 0 Å². The fourth-order valence-electron chi connectivity index (χ4n) is 1.61. The third-order valence-corrected chi connectivity index (χ3v) is 2.56. The minimum Gasteiger partial charge on any atom is -0.384 e. The molecule has 2 rings (SSSR count). The number of hydrogen-bond donors (Lipinski definition) is 2. The van der Waals surface area contributed by atoms with Crippen molar-refractivity contribution in [3.05, 3.63) is 48.5 Å². The number of rotatable bonds is 6. The molecule has 0 bridgehead atoms. The van der Waals surface area contributed by atoms with E-state index in [0.29, 0.717) is 0 Å². The number of pyridine rings is 2. The minimum absolute atomic E-state index is 0.779. The van der Waals surface area contributed by atoms with Crippen LogP contribution in [0, 0.1) is 0 Å². The molecule has 0 aliphatic carbocycles. The van der Waals surface area contributed by atoms with Gasteiger partial charge in [-0.25, -0.2) is 0 Å². The molecule has 2 N–H and O–H groups in total. The monoisotopic (exact) mass is 242 g/mol. The van der Waals surface area contributed by atoms with E-state index in [2.05, 4.69) is 33.6 Å². The van der Waals surface area contributed by atoms with E-state index in [-0.39, 0.29) is 0 Å². The summed E-state index contributed by atoms with van der Waals surface area (Å²) in [4.78, 5) is 8.21. The average Bonchev–Trinajstić information content (AvgIpc) is 2.44. The highest BCUT2D eigenvalue weighted by Gasteiger charge is 1.96.